The number of nitrogens with one attached hydrogen (secondary N) is 2. The zero-order valence-electron chi connectivity index (χ0n) is 9.12. The zero-order chi connectivity index (χ0) is 10.9. The minimum atomic E-state index is 0.0989. The summed E-state index contributed by atoms with van der Waals surface area (Å²) in [5.41, 5.74) is 2.31. The summed E-state index contributed by atoms with van der Waals surface area (Å²) in [6, 6.07) is 0. The van der Waals surface area contributed by atoms with E-state index in [1.54, 1.807) is 0 Å². The molecule has 0 aliphatic rings. The van der Waals surface area contributed by atoms with E-state index in [0.717, 1.165) is 25.2 Å². The normalized spacial score (nSPS) is 10.8. The molecule has 0 bridgehead atoms. The summed E-state index contributed by atoms with van der Waals surface area (Å²) in [5, 5.41) is 18.6. The second-order valence-electron chi connectivity index (χ2n) is 3.39. The van der Waals surface area contributed by atoms with Gasteiger partial charge in [0.2, 0.25) is 0 Å². The van der Waals surface area contributed by atoms with Crippen molar-refractivity contribution in [2.45, 2.75) is 19.9 Å². The summed E-state index contributed by atoms with van der Waals surface area (Å²) in [6.07, 6.45) is 2.79. The molecule has 5 heteroatoms. The summed E-state index contributed by atoms with van der Waals surface area (Å²) in [4.78, 5) is 0. The number of rotatable bonds is 8. The van der Waals surface area contributed by atoms with Crippen molar-refractivity contribution < 1.29 is 9.84 Å². The summed E-state index contributed by atoms with van der Waals surface area (Å²) < 4.78 is 5.14. The van der Waals surface area contributed by atoms with Crippen LogP contribution >= 0.6 is 0 Å². The molecule has 1 rings (SSSR count). The Kier molecular flexibility index (Phi) is 5.99. The van der Waals surface area contributed by atoms with Crippen LogP contribution in [0.2, 0.25) is 0 Å². The van der Waals surface area contributed by atoms with Crippen molar-refractivity contribution in [1.82, 2.24) is 15.5 Å². The molecule has 1 aromatic rings. The van der Waals surface area contributed by atoms with Gasteiger partial charge in [-0.05, 0) is 19.9 Å². The number of aromatic amines is 1. The molecule has 0 aromatic carbocycles. The molecule has 0 saturated carbocycles. The maximum Gasteiger partial charge on any atom is 0.0697 e. The van der Waals surface area contributed by atoms with Gasteiger partial charge in [0.25, 0.3) is 0 Å². The quantitative estimate of drug-likeness (QED) is 0.540. The number of aliphatic hydroxyl groups is 1. The van der Waals surface area contributed by atoms with Crippen molar-refractivity contribution in [2.75, 3.05) is 26.4 Å². The minimum Gasteiger partial charge on any atom is -0.394 e. The third kappa shape index (κ3) is 4.92. The number of H-pyrrole nitrogens is 1. The first kappa shape index (κ1) is 12.2. The molecule has 0 amide bonds. The molecule has 0 radical (unpaired) electrons. The Labute approximate surface area is 89.8 Å². The lowest BCUT2D eigenvalue weighted by molar-refractivity contribution is 0.0907. The maximum absolute atomic E-state index is 8.47. The molecule has 0 aliphatic heterocycles. The molecule has 0 saturated heterocycles. The summed E-state index contributed by atoms with van der Waals surface area (Å²) in [7, 11) is 0. The molecular weight excluding hydrogens is 194 g/mol. The molecule has 15 heavy (non-hydrogen) atoms. The number of hydrogen-bond donors (Lipinski definition) is 3. The lowest BCUT2D eigenvalue weighted by atomic mass is 10.2. The predicted molar refractivity (Wildman–Crippen MR) is 57.6 cm³/mol. The van der Waals surface area contributed by atoms with E-state index in [1.165, 1.54) is 5.56 Å². The number of aryl methyl sites for hydroxylation is 1. The van der Waals surface area contributed by atoms with E-state index >= 15 is 0 Å². The first-order chi connectivity index (χ1) is 7.34. The zero-order valence-corrected chi connectivity index (χ0v) is 9.12. The van der Waals surface area contributed by atoms with Crippen molar-refractivity contribution in [1.29, 1.82) is 0 Å². The second-order valence-corrected chi connectivity index (χ2v) is 3.39. The van der Waals surface area contributed by atoms with Crippen LogP contribution < -0.4 is 5.32 Å². The van der Waals surface area contributed by atoms with E-state index in [1.807, 2.05) is 13.1 Å². The van der Waals surface area contributed by atoms with Crippen molar-refractivity contribution in [3.63, 3.8) is 0 Å². The van der Waals surface area contributed by atoms with E-state index < -0.39 is 0 Å². The SMILES string of the molecule is Cc1[nH]ncc1CNCCCOCCO. The van der Waals surface area contributed by atoms with Crippen molar-refractivity contribution >= 4 is 0 Å². The highest BCUT2D eigenvalue weighted by Crippen LogP contribution is 2.00. The first-order valence-electron chi connectivity index (χ1n) is 5.22. The number of aromatic nitrogens is 2. The van der Waals surface area contributed by atoms with Gasteiger partial charge in [0.15, 0.2) is 0 Å². The minimum absolute atomic E-state index is 0.0989. The Hall–Kier alpha value is -0.910. The monoisotopic (exact) mass is 213 g/mol. The fourth-order valence-electron chi connectivity index (χ4n) is 1.24. The number of nitrogens with zero attached hydrogens (tertiary/aromatic N) is 1. The summed E-state index contributed by atoms with van der Waals surface area (Å²) in [5.74, 6) is 0. The molecular formula is C10H19N3O2. The van der Waals surface area contributed by atoms with E-state index in [2.05, 4.69) is 15.5 Å². The van der Waals surface area contributed by atoms with Crippen LogP contribution in [-0.2, 0) is 11.3 Å². The van der Waals surface area contributed by atoms with Gasteiger partial charge in [0, 0.05) is 24.4 Å². The maximum atomic E-state index is 8.47. The summed E-state index contributed by atoms with van der Waals surface area (Å²) >= 11 is 0. The van der Waals surface area contributed by atoms with Gasteiger partial charge < -0.3 is 15.2 Å². The fraction of sp³-hybridized carbons (Fsp3) is 0.700. The smallest absolute Gasteiger partial charge is 0.0697 e. The van der Waals surface area contributed by atoms with E-state index in [0.29, 0.717) is 13.2 Å². The van der Waals surface area contributed by atoms with Gasteiger partial charge in [-0.1, -0.05) is 0 Å². The Bertz CT molecular complexity index is 263. The molecule has 0 unspecified atom stereocenters. The van der Waals surface area contributed by atoms with Crippen LogP contribution in [0.25, 0.3) is 0 Å². The third-order valence-corrected chi connectivity index (χ3v) is 2.13. The van der Waals surface area contributed by atoms with Gasteiger partial charge in [0.05, 0.1) is 19.4 Å². The average molecular weight is 213 g/mol. The summed E-state index contributed by atoms with van der Waals surface area (Å²) in [6.45, 7) is 4.98. The topological polar surface area (TPSA) is 70.2 Å². The molecule has 0 aliphatic carbocycles. The van der Waals surface area contributed by atoms with Crippen LogP contribution in [0.1, 0.15) is 17.7 Å². The molecule has 5 nitrogen and oxygen atoms in total. The number of aliphatic hydroxyl groups excluding tert-OH is 1. The van der Waals surface area contributed by atoms with Crippen LogP contribution in [0, 0.1) is 6.92 Å². The van der Waals surface area contributed by atoms with Gasteiger partial charge >= 0.3 is 0 Å². The van der Waals surface area contributed by atoms with E-state index in [-0.39, 0.29) is 6.61 Å². The van der Waals surface area contributed by atoms with Gasteiger partial charge in [-0.2, -0.15) is 5.10 Å². The lowest BCUT2D eigenvalue weighted by Crippen LogP contribution is -2.17. The first-order valence-corrected chi connectivity index (χ1v) is 5.22. The number of ether oxygens (including phenoxy) is 1. The fourth-order valence-corrected chi connectivity index (χ4v) is 1.24. The van der Waals surface area contributed by atoms with Gasteiger partial charge in [-0.15, -0.1) is 0 Å². The second kappa shape index (κ2) is 7.39. The standard InChI is InChI=1S/C10H19N3O2/c1-9-10(8-12-13-9)7-11-3-2-5-15-6-4-14/h8,11,14H,2-7H2,1H3,(H,12,13). The average Bonchev–Trinajstić information content (AvgIpc) is 2.63. The Morgan fingerprint density at radius 2 is 2.40 bits per heavy atom. The molecule has 1 aromatic heterocycles. The van der Waals surface area contributed by atoms with Gasteiger partial charge in [0.1, 0.15) is 0 Å². The van der Waals surface area contributed by atoms with E-state index in [4.69, 9.17) is 9.84 Å². The molecule has 0 atom stereocenters. The van der Waals surface area contributed by atoms with Crippen molar-refractivity contribution in [2.24, 2.45) is 0 Å². The Morgan fingerprint density at radius 1 is 1.53 bits per heavy atom. The predicted octanol–water partition coefficient (Wildman–Crippen LogP) is 0.207. The Balaban J connectivity index is 1.96. The lowest BCUT2D eigenvalue weighted by Gasteiger charge is -2.04. The number of hydrogen-bond acceptors (Lipinski definition) is 4. The Morgan fingerprint density at radius 3 is 3.07 bits per heavy atom. The van der Waals surface area contributed by atoms with Crippen molar-refractivity contribution in [3.8, 4) is 0 Å². The largest absolute Gasteiger partial charge is 0.394 e. The van der Waals surface area contributed by atoms with Crippen molar-refractivity contribution in [3.05, 3.63) is 17.5 Å². The molecule has 0 spiro atoms. The highest BCUT2D eigenvalue weighted by Gasteiger charge is 1.98. The molecule has 3 N–H and O–H groups in total. The molecule has 1 heterocycles. The molecule has 86 valence electrons. The van der Waals surface area contributed by atoms with Crippen LogP contribution in [0.5, 0.6) is 0 Å². The van der Waals surface area contributed by atoms with Crippen LogP contribution in [0.3, 0.4) is 0 Å². The van der Waals surface area contributed by atoms with E-state index in [9.17, 15) is 0 Å². The van der Waals surface area contributed by atoms with Crippen LogP contribution in [0.4, 0.5) is 0 Å². The van der Waals surface area contributed by atoms with Crippen LogP contribution in [-0.4, -0.2) is 41.7 Å². The van der Waals surface area contributed by atoms with Gasteiger partial charge in [-0.25, -0.2) is 0 Å². The third-order valence-electron chi connectivity index (χ3n) is 2.13. The highest BCUT2D eigenvalue weighted by atomic mass is 16.5. The van der Waals surface area contributed by atoms with Crippen LogP contribution in [0.15, 0.2) is 6.20 Å². The molecule has 0 fully saturated rings. The highest BCUT2D eigenvalue weighted by molar-refractivity contribution is 5.13. The van der Waals surface area contributed by atoms with Gasteiger partial charge in [-0.3, -0.25) is 5.10 Å².